The van der Waals surface area contributed by atoms with E-state index in [1.807, 2.05) is 6.07 Å². The van der Waals surface area contributed by atoms with E-state index in [0.29, 0.717) is 5.16 Å². The van der Waals surface area contributed by atoms with Gasteiger partial charge in [0.15, 0.2) is 5.82 Å². The summed E-state index contributed by atoms with van der Waals surface area (Å²) in [6.07, 6.45) is 3.81. The Balaban J connectivity index is 1.58. The summed E-state index contributed by atoms with van der Waals surface area (Å²) in [7, 11) is 0. The van der Waals surface area contributed by atoms with Gasteiger partial charge in [-0.2, -0.15) is 0 Å². The molecule has 1 aliphatic heterocycles. The topological polar surface area (TPSA) is 79.9 Å². The summed E-state index contributed by atoms with van der Waals surface area (Å²) in [6.45, 7) is 4.96. The lowest BCUT2D eigenvalue weighted by atomic mass is 10.0. The first-order chi connectivity index (χ1) is 12.2. The lowest BCUT2D eigenvalue weighted by molar-refractivity contribution is -0.113. The van der Waals surface area contributed by atoms with E-state index >= 15 is 0 Å². The van der Waals surface area contributed by atoms with Gasteiger partial charge in [0.2, 0.25) is 11.1 Å². The number of hydrogen-bond donors (Lipinski definition) is 2. The first kappa shape index (κ1) is 17.9. The van der Waals surface area contributed by atoms with Crippen LogP contribution in [0, 0.1) is 0 Å². The summed E-state index contributed by atoms with van der Waals surface area (Å²) in [5.74, 6) is 0.998. The number of hydrogen-bond acceptors (Lipinski definition) is 5. The molecule has 1 aromatic heterocycles. The molecule has 1 aromatic carbocycles. The fraction of sp³-hybridized carbons (Fsp3) is 0.500. The van der Waals surface area contributed by atoms with Crippen molar-refractivity contribution in [1.82, 2.24) is 15.2 Å². The zero-order valence-electron chi connectivity index (χ0n) is 14.7. The maximum absolute atomic E-state index is 12.4. The zero-order chi connectivity index (χ0) is 17.6. The lowest BCUT2D eigenvalue weighted by Gasteiger charge is -2.14. The molecule has 0 spiro atoms. The van der Waals surface area contributed by atoms with Crippen LogP contribution in [0.25, 0.3) is 0 Å². The summed E-state index contributed by atoms with van der Waals surface area (Å²) >= 11 is 1.33. The van der Waals surface area contributed by atoms with Crippen LogP contribution in [-0.2, 0) is 22.4 Å². The maximum atomic E-state index is 12.4. The van der Waals surface area contributed by atoms with Crippen LogP contribution in [0.5, 0.6) is 0 Å². The standard InChI is InChI=1S/C18H24N4O2S/c1-3-12-7-5-8-13(4-2)16(12)19-15(23)11-25-18-20-17(21-22-18)14-9-6-10-24-14/h5,7-8,14H,3-4,6,9-11H2,1-2H3,(H,19,23)(H,20,21,22). The number of H-pyrrole nitrogens is 1. The number of thioether (sulfide) groups is 1. The van der Waals surface area contributed by atoms with Gasteiger partial charge in [-0.25, -0.2) is 4.98 Å². The molecule has 25 heavy (non-hydrogen) atoms. The maximum Gasteiger partial charge on any atom is 0.234 e. The molecule has 7 heteroatoms. The van der Waals surface area contributed by atoms with E-state index in [1.165, 1.54) is 11.8 Å². The first-order valence-electron chi connectivity index (χ1n) is 8.78. The van der Waals surface area contributed by atoms with E-state index < -0.39 is 0 Å². The lowest BCUT2D eigenvalue weighted by Crippen LogP contribution is -2.16. The second-order valence-electron chi connectivity index (χ2n) is 6.00. The van der Waals surface area contributed by atoms with Crippen LogP contribution in [0.1, 0.15) is 49.7 Å². The number of nitrogens with one attached hydrogen (secondary N) is 2. The Hall–Kier alpha value is -1.86. The van der Waals surface area contributed by atoms with E-state index in [4.69, 9.17) is 4.74 Å². The smallest absolute Gasteiger partial charge is 0.234 e. The van der Waals surface area contributed by atoms with Gasteiger partial charge in [0.1, 0.15) is 6.10 Å². The van der Waals surface area contributed by atoms with E-state index in [1.54, 1.807) is 0 Å². The van der Waals surface area contributed by atoms with Crippen LogP contribution < -0.4 is 5.32 Å². The monoisotopic (exact) mass is 360 g/mol. The molecule has 1 amide bonds. The van der Waals surface area contributed by atoms with Crippen molar-refractivity contribution in [2.75, 3.05) is 17.7 Å². The highest BCUT2D eigenvalue weighted by Gasteiger charge is 2.21. The molecule has 2 heterocycles. The summed E-state index contributed by atoms with van der Waals surface area (Å²) in [5.41, 5.74) is 3.28. The summed E-state index contributed by atoms with van der Waals surface area (Å²) in [4.78, 5) is 16.8. The van der Waals surface area contributed by atoms with Crippen molar-refractivity contribution in [3.05, 3.63) is 35.2 Å². The number of aromatic amines is 1. The number of ether oxygens (including phenoxy) is 1. The quantitative estimate of drug-likeness (QED) is 0.739. The van der Waals surface area contributed by atoms with Gasteiger partial charge in [0.05, 0.1) is 5.75 Å². The number of anilines is 1. The molecular weight excluding hydrogens is 336 g/mol. The number of aryl methyl sites for hydroxylation is 2. The highest BCUT2D eigenvalue weighted by atomic mass is 32.2. The predicted octanol–water partition coefficient (Wildman–Crippen LogP) is 3.51. The molecule has 0 saturated carbocycles. The third-order valence-electron chi connectivity index (χ3n) is 4.31. The van der Waals surface area contributed by atoms with Gasteiger partial charge >= 0.3 is 0 Å². The normalized spacial score (nSPS) is 17.0. The van der Waals surface area contributed by atoms with Gasteiger partial charge in [0, 0.05) is 12.3 Å². The minimum Gasteiger partial charge on any atom is -0.370 e. The van der Waals surface area contributed by atoms with Crippen molar-refractivity contribution >= 4 is 23.4 Å². The summed E-state index contributed by atoms with van der Waals surface area (Å²) in [5, 5.41) is 10.7. The van der Waals surface area contributed by atoms with Gasteiger partial charge in [-0.3, -0.25) is 9.89 Å². The van der Waals surface area contributed by atoms with Crippen molar-refractivity contribution in [1.29, 1.82) is 0 Å². The summed E-state index contributed by atoms with van der Waals surface area (Å²) in [6, 6.07) is 6.17. The van der Waals surface area contributed by atoms with Crippen LogP contribution in [0.3, 0.4) is 0 Å². The molecule has 3 rings (SSSR count). The Labute approximate surface area is 152 Å². The molecule has 6 nitrogen and oxygen atoms in total. The first-order valence-corrected chi connectivity index (χ1v) is 9.77. The van der Waals surface area contributed by atoms with Gasteiger partial charge in [-0.15, -0.1) is 5.10 Å². The zero-order valence-corrected chi connectivity index (χ0v) is 15.5. The summed E-state index contributed by atoms with van der Waals surface area (Å²) < 4.78 is 5.59. The van der Waals surface area contributed by atoms with Crippen molar-refractivity contribution in [3.63, 3.8) is 0 Å². The van der Waals surface area contributed by atoms with Crippen LogP contribution >= 0.6 is 11.8 Å². The van der Waals surface area contributed by atoms with E-state index in [9.17, 15) is 4.79 Å². The average Bonchev–Trinajstić information content (AvgIpc) is 3.31. The molecule has 134 valence electrons. The largest absolute Gasteiger partial charge is 0.370 e. The van der Waals surface area contributed by atoms with Crippen molar-refractivity contribution in [3.8, 4) is 0 Å². The molecule has 1 aliphatic rings. The number of nitrogens with zero attached hydrogens (tertiary/aromatic N) is 2. The van der Waals surface area contributed by atoms with Crippen LogP contribution in [0.4, 0.5) is 5.69 Å². The molecule has 1 unspecified atom stereocenters. The van der Waals surface area contributed by atoms with Crippen molar-refractivity contribution in [2.24, 2.45) is 0 Å². The Kier molecular flexibility index (Phi) is 6.09. The Morgan fingerprint density at radius 3 is 2.76 bits per heavy atom. The number of benzene rings is 1. The molecule has 0 aliphatic carbocycles. The molecule has 0 bridgehead atoms. The van der Waals surface area contributed by atoms with Gasteiger partial charge in [0.25, 0.3) is 0 Å². The highest BCUT2D eigenvalue weighted by molar-refractivity contribution is 7.99. The molecule has 2 aromatic rings. The Morgan fingerprint density at radius 2 is 2.12 bits per heavy atom. The number of carbonyl (C=O) groups is 1. The molecule has 1 atom stereocenters. The predicted molar refractivity (Wildman–Crippen MR) is 98.9 cm³/mol. The SMILES string of the molecule is CCc1cccc(CC)c1NC(=O)CSc1n[nH]c(C2CCCO2)n1. The Bertz CT molecular complexity index is 703. The van der Waals surface area contributed by atoms with Crippen LogP contribution in [0.2, 0.25) is 0 Å². The van der Waals surface area contributed by atoms with Crippen molar-refractivity contribution in [2.45, 2.75) is 50.8 Å². The molecule has 2 N–H and O–H groups in total. The number of aromatic nitrogens is 3. The second-order valence-corrected chi connectivity index (χ2v) is 6.94. The van der Waals surface area contributed by atoms with E-state index in [-0.39, 0.29) is 17.8 Å². The minimum absolute atomic E-state index is 0.0132. The van der Waals surface area contributed by atoms with Crippen molar-refractivity contribution < 1.29 is 9.53 Å². The number of amides is 1. The van der Waals surface area contributed by atoms with Gasteiger partial charge in [-0.1, -0.05) is 43.8 Å². The third kappa shape index (κ3) is 4.41. The Morgan fingerprint density at radius 1 is 1.36 bits per heavy atom. The average molecular weight is 360 g/mol. The number of rotatable bonds is 7. The molecule has 1 fully saturated rings. The van der Waals surface area contributed by atoms with Crippen LogP contribution in [-0.4, -0.2) is 33.4 Å². The third-order valence-corrected chi connectivity index (χ3v) is 5.16. The molecule has 0 radical (unpaired) electrons. The highest BCUT2D eigenvalue weighted by Crippen LogP contribution is 2.27. The fourth-order valence-corrected chi connectivity index (χ4v) is 3.57. The number of carbonyl (C=O) groups excluding carboxylic acids is 1. The van der Waals surface area contributed by atoms with Gasteiger partial charge in [-0.05, 0) is 36.8 Å². The second kappa shape index (κ2) is 8.49. The van der Waals surface area contributed by atoms with Crippen LogP contribution in [0.15, 0.2) is 23.4 Å². The molecular formula is C18H24N4O2S. The minimum atomic E-state index is -0.0379. The van der Waals surface area contributed by atoms with E-state index in [2.05, 4.69) is 46.5 Å². The fourth-order valence-electron chi connectivity index (χ4n) is 2.97. The van der Waals surface area contributed by atoms with Gasteiger partial charge < -0.3 is 10.1 Å². The number of para-hydroxylation sites is 1. The van der Waals surface area contributed by atoms with E-state index in [0.717, 1.165) is 54.9 Å². The molecule has 1 saturated heterocycles.